The number of hydrogen-bond donors (Lipinski definition) is 1. The maximum absolute atomic E-state index is 12.7. The molecule has 152 valence electrons. The first-order valence-electron chi connectivity index (χ1n) is 9.66. The molecule has 0 fully saturated rings. The largest absolute Gasteiger partial charge is 0.339 e. The Bertz CT molecular complexity index is 941. The summed E-state index contributed by atoms with van der Waals surface area (Å²) in [5.74, 6) is -0.227. The second kappa shape index (κ2) is 9.13. The summed E-state index contributed by atoms with van der Waals surface area (Å²) in [4.78, 5) is 41.9. The standard InChI is InChI=1S/C22H25N3O3S/c1-4-24(5-2)22(28)16-9-10-19-18(12-16)25(21(27)14-29-19)13-20(26)23-17-8-6-7-15(3)11-17/h6-12H,4-5,13-14H2,1-3H3,(H,23,26). The quantitative estimate of drug-likeness (QED) is 0.789. The van der Waals surface area contributed by atoms with E-state index in [-0.39, 0.29) is 30.0 Å². The molecule has 0 aliphatic carbocycles. The first kappa shape index (κ1) is 20.9. The molecule has 2 aromatic carbocycles. The van der Waals surface area contributed by atoms with Crippen molar-refractivity contribution in [3.63, 3.8) is 0 Å². The van der Waals surface area contributed by atoms with Crippen LogP contribution in [-0.4, -0.2) is 48.0 Å². The maximum Gasteiger partial charge on any atom is 0.253 e. The molecule has 0 radical (unpaired) electrons. The van der Waals surface area contributed by atoms with Gasteiger partial charge >= 0.3 is 0 Å². The van der Waals surface area contributed by atoms with Gasteiger partial charge in [-0.15, -0.1) is 11.8 Å². The van der Waals surface area contributed by atoms with Crippen LogP contribution in [0.4, 0.5) is 11.4 Å². The number of nitrogens with one attached hydrogen (secondary N) is 1. The highest BCUT2D eigenvalue weighted by molar-refractivity contribution is 8.00. The molecule has 1 heterocycles. The van der Waals surface area contributed by atoms with Gasteiger partial charge in [-0.25, -0.2) is 0 Å². The second-order valence-electron chi connectivity index (χ2n) is 6.85. The highest BCUT2D eigenvalue weighted by atomic mass is 32.2. The van der Waals surface area contributed by atoms with Crippen LogP contribution in [0.1, 0.15) is 29.8 Å². The van der Waals surface area contributed by atoms with Crippen LogP contribution in [0.3, 0.4) is 0 Å². The SMILES string of the molecule is CCN(CC)C(=O)c1ccc2c(c1)N(CC(=O)Nc1cccc(C)c1)C(=O)CS2. The van der Waals surface area contributed by atoms with Crippen LogP contribution in [0.25, 0.3) is 0 Å². The Morgan fingerprint density at radius 1 is 1.14 bits per heavy atom. The molecule has 7 heteroatoms. The lowest BCUT2D eigenvalue weighted by molar-refractivity contribution is -0.120. The number of amides is 3. The number of carbonyl (C=O) groups excluding carboxylic acids is 3. The second-order valence-corrected chi connectivity index (χ2v) is 7.86. The molecule has 0 atom stereocenters. The Kier molecular flexibility index (Phi) is 6.59. The van der Waals surface area contributed by atoms with Crippen LogP contribution in [0.15, 0.2) is 47.4 Å². The lowest BCUT2D eigenvalue weighted by Gasteiger charge is -2.29. The third kappa shape index (κ3) is 4.79. The molecule has 0 aromatic heterocycles. The molecule has 3 rings (SSSR count). The molecular weight excluding hydrogens is 386 g/mol. The Labute approximate surface area is 175 Å². The summed E-state index contributed by atoms with van der Waals surface area (Å²) in [5, 5.41) is 2.84. The topological polar surface area (TPSA) is 69.7 Å². The Morgan fingerprint density at radius 3 is 2.59 bits per heavy atom. The smallest absolute Gasteiger partial charge is 0.253 e. The zero-order valence-electron chi connectivity index (χ0n) is 16.9. The number of fused-ring (bicyclic) bond motifs is 1. The van der Waals surface area contributed by atoms with Crippen molar-refractivity contribution < 1.29 is 14.4 Å². The van der Waals surface area contributed by atoms with Gasteiger partial charge in [0.2, 0.25) is 11.8 Å². The first-order valence-corrected chi connectivity index (χ1v) is 10.6. The van der Waals surface area contributed by atoms with Gasteiger partial charge in [0.15, 0.2) is 0 Å². The van der Waals surface area contributed by atoms with Crippen LogP contribution in [0.5, 0.6) is 0 Å². The van der Waals surface area contributed by atoms with Crippen LogP contribution in [0, 0.1) is 6.92 Å². The van der Waals surface area contributed by atoms with E-state index < -0.39 is 0 Å². The van der Waals surface area contributed by atoms with Crippen LogP contribution in [0.2, 0.25) is 0 Å². The molecule has 0 saturated heterocycles. The maximum atomic E-state index is 12.7. The van der Waals surface area contributed by atoms with E-state index in [0.29, 0.717) is 30.0 Å². The van der Waals surface area contributed by atoms with E-state index >= 15 is 0 Å². The van der Waals surface area contributed by atoms with Crippen LogP contribution in [-0.2, 0) is 9.59 Å². The zero-order chi connectivity index (χ0) is 21.0. The number of aryl methyl sites for hydroxylation is 1. The molecule has 1 aliphatic heterocycles. The Morgan fingerprint density at radius 2 is 1.90 bits per heavy atom. The summed E-state index contributed by atoms with van der Waals surface area (Å²) in [7, 11) is 0. The van der Waals surface area contributed by atoms with Gasteiger partial charge in [-0.1, -0.05) is 12.1 Å². The molecule has 2 aromatic rings. The van der Waals surface area contributed by atoms with Crippen molar-refractivity contribution in [2.45, 2.75) is 25.7 Å². The molecule has 3 amide bonds. The fourth-order valence-corrected chi connectivity index (χ4v) is 4.18. The molecule has 0 unspecified atom stereocenters. The fraction of sp³-hybridized carbons (Fsp3) is 0.318. The highest BCUT2D eigenvalue weighted by Crippen LogP contribution is 2.36. The van der Waals surface area contributed by atoms with Gasteiger partial charge in [0, 0.05) is 29.2 Å². The predicted octanol–water partition coefficient (Wildman–Crippen LogP) is 3.55. The van der Waals surface area contributed by atoms with Gasteiger partial charge in [-0.05, 0) is 56.7 Å². The van der Waals surface area contributed by atoms with E-state index in [9.17, 15) is 14.4 Å². The molecule has 29 heavy (non-hydrogen) atoms. The van der Waals surface area contributed by atoms with E-state index in [1.54, 1.807) is 17.0 Å². The van der Waals surface area contributed by atoms with Gasteiger partial charge in [0.25, 0.3) is 5.91 Å². The van der Waals surface area contributed by atoms with Gasteiger partial charge < -0.3 is 15.1 Å². The van der Waals surface area contributed by atoms with E-state index in [4.69, 9.17) is 0 Å². The summed E-state index contributed by atoms with van der Waals surface area (Å²) in [6, 6.07) is 12.9. The van der Waals surface area contributed by atoms with Gasteiger partial charge in [0.05, 0.1) is 11.4 Å². The lowest BCUT2D eigenvalue weighted by atomic mass is 10.1. The van der Waals surface area contributed by atoms with Crippen molar-refractivity contribution in [2.75, 3.05) is 35.6 Å². The van der Waals surface area contributed by atoms with Crippen molar-refractivity contribution in [1.29, 1.82) is 0 Å². The molecule has 1 aliphatic rings. The Balaban J connectivity index is 1.83. The van der Waals surface area contributed by atoms with Crippen molar-refractivity contribution in [2.24, 2.45) is 0 Å². The number of rotatable bonds is 6. The van der Waals surface area contributed by atoms with Gasteiger partial charge in [-0.3, -0.25) is 14.4 Å². The van der Waals surface area contributed by atoms with Gasteiger partial charge in [0.1, 0.15) is 6.54 Å². The number of thioether (sulfide) groups is 1. The summed E-state index contributed by atoms with van der Waals surface area (Å²) in [6.07, 6.45) is 0. The van der Waals surface area contributed by atoms with Crippen molar-refractivity contribution in [3.05, 3.63) is 53.6 Å². The summed E-state index contributed by atoms with van der Waals surface area (Å²) in [5.41, 5.74) is 2.87. The van der Waals surface area contributed by atoms with Crippen molar-refractivity contribution >= 4 is 40.9 Å². The van der Waals surface area contributed by atoms with E-state index in [1.165, 1.54) is 16.7 Å². The first-order chi connectivity index (χ1) is 13.9. The van der Waals surface area contributed by atoms with Gasteiger partial charge in [-0.2, -0.15) is 0 Å². The van der Waals surface area contributed by atoms with E-state index in [1.807, 2.05) is 51.1 Å². The molecule has 1 N–H and O–H groups in total. The summed E-state index contributed by atoms with van der Waals surface area (Å²) >= 11 is 1.43. The third-order valence-corrected chi connectivity index (χ3v) is 5.85. The van der Waals surface area contributed by atoms with E-state index in [0.717, 1.165) is 10.5 Å². The number of hydrogen-bond acceptors (Lipinski definition) is 4. The third-order valence-electron chi connectivity index (χ3n) is 4.80. The van der Waals surface area contributed by atoms with Crippen molar-refractivity contribution in [3.8, 4) is 0 Å². The highest BCUT2D eigenvalue weighted by Gasteiger charge is 2.28. The average Bonchev–Trinajstić information content (AvgIpc) is 2.70. The normalized spacial score (nSPS) is 13.1. The minimum Gasteiger partial charge on any atom is -0.339 e. The molecular formula is C22H25N3O3S. The average molecular weight is 412 g/mol. The number of nitrogens with zero attached hydrogens (tertiary/aromatic N) is 2. The fourth-order valence-electron chi connectivity index (χ4n) is 3.27. The molecule has 0 bridgehead atoms. The van der Waals surface area contributed by atoms with E-state index in [2.05, 4.69) is 5.32 Å². The molecule has 0 spiro atoms. The number of anilines is 2. The zero-order valence-corrected chi connectivity index (χ0v) is 17.7. The molecule has 6 nitrogen and oxygen atoms in total. The lowest BCUT2D eigenvalue weighted by Crippen LogP contribution is -2.41. The minimum absolute atomic E-state index is 0.0787. The van der Waals surface area contributed by atoms with Crippen LogP contribution >= 0.6 is 11.8 Å². The predicted molar refractivity (Wildman–Crippen MR) is 117 cm³/mol. The van der Waals surface area contributed by atoms with Crippen LogP contribution < -0.4 is 10.2 Å². The monoisotopic (exact) mass is 411 g/mol. The minimum atomic E-state index is -0.276. The van der Waals surface area contributed by atoms with Crippen molar-refractivity contribution in [1.82, 2.24) is 4.90 Å². The number of carbonyl (C=O) groups is 3. The molecule has 0 saturated carbocycles. The summed E-state index contributed by atoms with van der Waals surface area (Å²) in [6.45, 7) is 6.95. The summed E-state index contributed by atoms with van der Waals surface area (Å²) < 4.78 is 0. The number of benzene rings is 2. The Hall–Kier alpha value is -2.80.